The lowest BCUT2D eigenvalue weighted by molar-refractivity contribution is 0.201. The number of benzene rings is 2. The standard InChI is InChI=1S/C21H16Cl2N4O2/c22-17-2-1-3-18(23)19(17)13-10-14-12-25-21(27-20(14)24-11-13)26-15-4-6-16(7-5-15)29-9-8-28/h1-7,10-12,28H,8-9H2,(H,24,25,26,27). The SMILES string of the molecule is OCCOc1ccc(Nc2ncc3cc(-c4c(Cl)cccc4Cl)cnc3n2)cc1. The highest BCUT2D eigenvalue weighted by Gasteiger charge is 2.10. The molecule has 0 aliphatic carbocycles. The Morgan fingerprint density at radius 1 is 0.966 bits per heavy atom. The molecule has 0 fully saturated rings. The minimum absolute atomic E-state index is 0.0255. The number of fused-ring (bicyclic) bond motifs is 1. The zero-order chi connectivity index (χ0) is 20.2. The molecule has 8 heteroatoms. The molecule has 0 saturated heterocycles. The number of nitrogens with one attached hydrogen (secondary N) is 1. The van der Waals surface area contributed by atoms with Crippen LogP contribution in [0, 0.1) is 0 Å². The van der Waals surface area contributed by atoms with Crippen molar-refractivity contribution in [3.8, 4) is 16.9 Å². The molecule has 4 aromatic rings. The first-order valence-electron chi connectivity index (χ1n) is 8.82. The van der Waals surface area contributed by atoms with Gasteiger partial charge < -0.3 is 15.2 Å². The zero-order valence-electron chi connectivity index (χ0n) is 15.1. The van der Waals surface area contributed by atoms with Crippen LogP contribution in [0.15, 0.2) is 60.9 Å². The van der Waals surface area contributed by atoms with Crippen molar-refractivity contribution in [2.45, 2.75) is 0 Å². The van der Waals surface area contributed by atoms with Gasteiger partial charge in [-0.1, -0.05) is 29.3 Å². The number of hydrogen-bond donors (Lipinski definition) is 2. The Hall–Kier alpha value is -2.93. The van der Waals surface area contributed by atoms with Gasteiger partial charge in [-0.15, -0.1) is 0 Å². The normalized spacial score (nSPS) is 10.9. The van der Waals surface area contributed by atoms with Gasteiger partial charge in [-0.3, -0.25) is 0 Å². The van der Waals surface area contributed by atoms with Crippen molar-refractivity contribution in [2.75, 3.05) is 18.5 Å². The van der Waals surface area contributed by atoms with E-state index in [0.29, 0.717) is 27.4 Å². The van der Waals surface area contributed by atoms with Gasteiger partial charge in [0.05, 0.1) is 6.61 Å². The molecular weight excluding hydrogens is 411 g/mol. The fourth-order valence-electron chi connectivity index (χ4n) is 2.82. The largest absolute Gasteiger partial charge is 0.491 e. The van der Waals surface area contributed by atoms with Gasteiger partial charge in [0, 0.05) is 44.6 Å². The first kappa shape index (κ1) is 19.4. The Bertz CT molecular complexity index is 1130. The number of anilines is 2. The molecule has 2 heterocycles. The topological polar surface area (TPSA) is 80.2 Å². The van der Waals surface area contributed by atoms with Crippen LogP contribution in [0.1, 0.15) is 0 Å². The number of halogens is 2. The van der Waals surface area contributed by atoms with Gasteiger partial charge >= 0.3 is 0 Å². The van der Waals surface area contributed by atoms with E-state index in [0.717, 1.165) is 22.2 Å². The number of rotatable bonds is 6. The van der Waals surface area contributed by atoms with Crippen LogP contribution in [0.3, 0.4) is 0 Å². The van der Waals surface area contributed by atoms with Gasteiger partial charge in [0.2, 0.25) is 5.95 Å². The minimum atomic E-state index is -0.0255. The van der Waals surface area contributed by atoms with Gasteiger partial charge in [-0.05, 0) is 42.5 Å². The molecule has 4 rings (SSSR count). The molecule has 0 unspecified atom stereocenters. The van der Waals surface area contributed by atoms with Crippen molar-refractivity contribution >= 4 is 45.9 Å². The monoisotopic (exact) mass is 426 g/mol. The molecule has 2 aromatic carbocycles. The van der Waals surface area contributed by atoms with Crippen LogP contribution >= 0.6 is 23.2 Å². The van der Waals surface area contributed by atoms with Crippen LogP contribution < -0.4 is 10.1 Å². The molecule has 29 heavy (non-hydrogen) atoms. The molecule has 0 aliphatic rings. The number of pyridine rings is 1. The summed E-state index contributed by atoms with van der Waals surface area (Å²) < 4.78 is 5.34. The number of hydrogen-bond acceptors (Lipinski definition) is 6. The lowest BCUT2D eigenvalue weighted by atomic mass is 10.1. The molecule has 2 N–H and O–H groups in total. The molecule has 0 radical (unpaired) electrons. The highest BCUT2D eigenvalue weighted by molar-refractivity contribution is 6.39. The Kier molecular flexibility index (Phi) is 5.76. The van der Waals surface area contributed by atoms with E-state index in [1.165, 1.54) is 0 Å². The average molecular weight is 427 g/mol. The maximum atomic E-state index is 8.80. The van der Waals surface area contributed by atoms with Gasteiger partial charge in [0.1, 0.15) is 12.4 Å². The van der Waals surface area contributed by atoms with E-state index >= 15 is 0 Å². The molecule has 0 spiro atoms. The summed E-state index contributed by atoms with van der Waals surface area (Å²) in [4.78, 5) is 13.3. The summed E-state index contributed by atoms with van der Waals surface area (Å²) >= 11 is 12.6. The Labute approximate surface area is 177 Å². The summed E-state index contributed by atoms with van der Waals surface area (Å²) in [6.45, 7) is 0.232. The third kappa shape index (κ3) is 4.40. The Balaban J connectivity index is 1.57. The predicted octanol–water partition coefficient (Wildman–Crippen LogP) is 5.11. The third-order valence-corrected chi connectivity index (χ3v) is 4.78. The van der Waals surface area contributed by atoms with E-state index in [4.69, 9.17) is 33.0 Å². The summed E-state index contributed by atoms with van der Waals surface area (Å²) in [6, 6.07) is 14.6. The second kappa shape index (κ2) is 8.61. The Morgan fingerprint density at radius 3 is 2.45 bits per heavy atom. The van der Waals surface area contributed by atoms with Crippen LogP contribution in [0.4, 0.5) is 11.6 Å². The second-order valence-electron chi connectivity index (χ2n) is 6.15. The number of aliphatic hydroxyl groups excluding tert-OH is 1. The van der Waals surface area contributed by atoms with E-state index in [-0.39, 0.29) is 13.2 Å². The molecular formula is C21H16Cl2N4O2. The highest BCUT2D eigenvalue weighted by atomic mass is 35.5. The molecule has 146 valence electrons. The number of ether oxygens (including phenoxy) is 1. The molecule has 2 aromatic heterocycles. The minimum Gasteiger partial charge on any atom is -0.491 e. The molecule has 0 atom stereocenters. The molecule has 0 amide bonds. The first-order valence-corrected chi connectivity index (χ1v) is 9.57. The van der Waals surface area contributed by atoms with Gasteiger partial charge in [-0.2, -0.15) is 4.98 Å². The zero-order valence-corrected chi connectivity index (χ0v) is 16.7. The molecule has 0 aliphatic heterocycles. The summed E-state index contributed by atoms with van der Waals surface area (Å²) in [6.07, 6.45) is 3.39. The van der Waals surface area contributed by atoms with Crippen LogP contribution in [0.5, 0.6) is 5.75 Å². The lowest BCUT2D eigenvalue weighted by Gasteiger charge is -2.09. The summed E-state index contributed by atoms with van der Waals surface area (Å²) in [5.74, 6) is 1.11. The summed E-state index contributed by atoms with van der Waals surface area (Å²) in [5, 5.41) is 13.8. The van der Waals surface area contributed by atoms with Crippen molar-refractivity contribution in [2.24, 2.45) is 0 Å². The summed E-state index contributed by atoms with van der Waals surface area (Å²) in [5.41, 5.74) is 2.89. The van der Waals surface area contributed by atoms with Crippen molar-refractivity contribution < 1.29 is 9.84 Å². The quantitative estimate of drug-likeness (QED) is 0.445. The van der Waals surface area contributed by atoms with Gasteiger partial charge in [0.15, 0.2) is 5.65 Å². The average Bonchev–Trinajstić information content (AvgIpc) is 2.73. The fraction of sp³-hybridized carbons (Fsp3) is 0.0952. The lowest BCUT2D eigenvalue weighted by Crippen LogP contribution is -2.02. The van der Waals surface area contributed by atoms with E-state index in [9.17, 15) is 0 Å². The first-order chi connectivity index (χ1) is 14.1. The molecule has 0 saturated carbocycles. The number of nitrogens with zero attached hydrogens (tertiary/aromatic N) is 3. The predicted molar refractivity (Wildman–Crippen MR) is 115 cm³/mol. The van der Waals surface area contributed by atoms with Gasteiger partial charge in [-0.25, -0.2) is 9.97 Å². The number of aliphatic hydroxyl groups is 1. The number of aromatic nitrogens is 3. The molecule has 6 nitrogen and oxygen atoms in total. The van der Waals surface area contributed by atoms with Crippen LogP contribution in [0.2, 0.25) is 10.0 Å². The van der Waals surface area contributed by atoms with E-state index < -0.39 is 0 Å². The third-order valence-electron chi connectivity index (χ3n) is 4.15. The van der Waals surface area contributed by atoms with Crippen molar-refractivity contribution in [3.05, 3.63) is 71.0 Å². The maximum Gasteiger partial charge on any atom is 0.229 e. The molecule has 0 bridgehead atoms. The van der Waals surface area contributed by atoms with Crippen LogP contribution in [-0.2, 0) is 0 Å². The maximum absolute atomic E-state index is 8.80. The van der Waals surface area contributed by atoms with Crippen molar-refractivity contribution in [1.82, 2.24) is 15.0 Å². The smallest absolute Gasteiger partial charge is 0.229 e. The Morgan fingerprint density at radius 2 is 1.72 bits per heavy atom. The summed E-state index contributed by atoms with van der Waals surface area (Å²) in [7, 11) is 0. The van der Waals surface area contributed by atoms with E-state index in [1.54, 1.807) is 42.7 Å². The van der Waals surface area contributed by atoms with E-state index in [1.807, 2.05) is 18.2 Å². The van der Waals surface area contributed by atoms with Crippen LogP contribution in [0.25, 0.3) is 22.2 Å². The van der Waals surface area contributed by atoms with Gasteiger partial charge in [0.25, 0.3) is 0 Å². The second-order valence-corrected chi connectivity index (χ2v) is 6.96. The fourth-order valence-corrected chi connectivity index (χ4v) is 3.44. The van der Waals surface area contributed by atoms with E-state index in [2.05, 4.69) is 20.3 Å². The van der Waals surface area contributed by atoms with Crippen molar-refractivity contribution in [1.29, 1.82) is 0 Å². The van der Waals surface area contributed by atoms with Crippen LogP contribution in [-0.4, -0.2) is 33.3 Å². The van der Waals surface area contributed by atoms with Crippen molar-refractivity contribution in [3.63, 3.8) is 0 Å². The highest BCUT2D eigenvalue weighted by Crippen LogP contribution is 2.35.